The summed E-state index contributed by atoms with van der Waals surface area (Å²) >= 11 is 0. The van der Waals surface area contributed by atoms with Crippen LogP contribution >= 0.6 is 0 Å². The van der Waals surface area contributed by atoms with Crippen LogP contribution in [0.4, 0.5) is 5.69 Å². The second-order valence-electron chi connectivity index (χ2n) is 6.39. The van der Waals surface area contributed by atoms with Crippen molar-refractivity contribution < 1.29 is 17.9 Å². The highest BCUT2D eigenvalue weighted by Gasteiger charge is 2.22. The van der Waals surface area contributed by atoms with E-state index in [4.69, 9.17) is 4.74 Å². The molecule has 9 heteroatoms. The molecule has 1 amide bonds. The summed E-state index contributed by atoms with van der Waals surface area (Å²) in [6.07, 6.45) is 1.43. The highest BCUT2D eigenvalue weighted by atomic mass is 32.2. The van der Waals surface area contributed by atoms with E-state index in [2.05, 4.69) is 15.2 Å². The molecular formula is C19H24N4O4S. The first-order chi connectivity index (χ1) is 13.5. The van der Waals surface area contributed by atoms with Gasteiger partial charge in [0.05, 0.1) is 23.8 Å². The first-order valence-electron chi connectivity index (χ1n) is 9.07. The summed E-state index contributed by atoms with van der Waals surface area (Å²) in [6.45, 7) is 4.34. The van der Waals surface area contributed by atoms with Crippen molar-refractivity contribution in [1.82, 2.24) is 15.2 Å². The van der Waals surface area contributed by atoms with Crippen LogP contribution in [0.25, 0.3) is 0 Å². The molecule has 1 fully saturated rings. The number of nitrogens with one attached hydrogen (secondary N) is 1. The number of anilines is 1. The second-order valence-corrected chi connectivity index (χ2v) is 8.36. The van der Waals surface area contributed by atoms with Gasteiger partial charge in [0.1, 0.15) is 5.69 Å². The third-order valence-corrected chi connectivity index (χ3v) is 6.36. The van der Waals surface area contributed by atoms with E-state index >= 15 is 0 Å². The standard InChI is InChI=1S/C19H24N4O4S/c1-22(28(25,26)17-5-3-2-4-6-17)16-7-8-20-18(15-16)19(24)21-9-10-23-11-13-27-14-12-23/h2-8,15H,9-14H2,1H3,(H,21,24). The Morgan fingerprint density at radius 1 is 1.21 bits per heavy atom. The van der Waals surface area contributed by atoms with Crippen LogP contribution in [0.1, 0.15) is 10.5 Å². The lowest BCUT2D eigenvalue weighted by Crippen LogP contribution is -2.41. The number of carbonyl (C=O) groups excluding carboxylic acids is 1. The van der Waals surface area contributed by atoms with Crippen LogP contribution in [0.3, 0.4) is 0 Å². The van der Waals surface area contributed by atoms with E-state index in [1.165, 1.54) is 31.4 Å². The van der Waals surface area contributed by atoms with Crippen molar-refractivity contribution >= 4 is 21.6 Å². The number of morpholine rings is 1. The average Bonchev–Trinajstić information content (AvgIpc) is 2.74. The lowest BCUT2D eigenvalue weighted by atomic mass is 10.3. The number of aromatic nitrogens is 1. The molecule has 2 heterocycles. The summed E-state index contributed by atoms with van der Waals surface area (Å²) in [6, 6.07) is 11.2. The highest BCUT2D eigenvalue weighted by molar-refractivity contribution is 7.92. The fourth-order valence-electron chi connectivity index (χ4n) is 2.87. The maximum absolute atomic E-state index is 12.8. The molecule has 0 atom stereocenters. The number of benzene rings is 1. The Balaban J connectivity index is 1.65. The van der Waals surface area contributed by atoms with Crippen LogP contribution in [0.2, 0.25) is 0 Å². The molecule has 3 rings (SSSR count). The molecule has 1 N–H and O–H groups in total. The molecule has 150 valence electrons. The van der Waals surface area contributed by atoms with E-state index in [0.29, 0.717) is 25.4 Å². The molecule has 2 aromatic rings. The molecule has 1 saturated heterocycles. The smallest absolute Gasteiger partial charge is 0.269 e. The van der Waals surface area contributed by atoms with Crippen molar-refractivity contribution in [3.63, 3.8) is 0 Å². The molecule has 0 saturated carbocycles. The number of pyridine rings is 1. The van der Waals surface area contributed by atoms with E-state index in [0.717, 1.165) is 23.9 Å². The van der Waals surface area contributed by atoms with Gasteiger partial charge in [-0.05, 0) is 24.3 Å². The minimum atomic E-state index is -3.71. The summed E-state index contributed by atoms with van der Waals surface area (Å²) in [4.78, 5) is 18.9. The Morgan fingerprint density at radius 3 is 2.64 bits per heavy atom. The number of amides is 1. The molecule has 1 aromatic heterocycles. The van der Waals surface area contributed by atoms with E-state index in [9.17, 15) is 13.2 Å². The largest absolute Gasteiger partial charge is 0.379 e. The normalized spacial score (nSPS) is 15.2. The quantitative estimate of drug-likeness (QED) is 0.739. The van der Waals surface area contributed by atoms with Crippen LogP contribution in [0.5, 0.6) is 0 Å². The van der Waals surface area contributed by atoms with Crippen LogP contribution < -0.4 is 9.62 Å². The number of carbonyl (C=O) groups is 1. The molecule has 0 spiro atoms. The van der Waals surface area contributed by atoms with Gasteiger partial charge in [0.25, 0.3) is 15.9 Å². The Hall–Kier alpha value is -2.49. The van der Waals surface area contributed by atoms with Crippen molar-refractivity contribution in [1.29, 1.82) is 0 Å². The maximum Gasteiger partial charge on any atom is 0.269 e. The van der Waals surface area contributed by atoms with Crippen molar-refractivity contribution in [2.45, 2.75) is 4.90 Å². The minimum Gasteiger partial charge on any atom is -0.379 e. The molecular weight excluding hydrogens is 380 g/mol. The van der Waals surface area contributed by atoms with Gasteiger partial charge in [-0.2, -0.15) is 0 Å². The van der Waals surface area contributed by atoms with Gasteiger partial charge in [-0.3, -0.25) is 19.0 Å². The predicted molar refractivity (Wildman–Crippen MR) is 106 cm³/mol. The van der Waals surface area contributed by atoms with Gasteiger partial charge in [-0.25, -0.2) is 8.42 Å². The van der Waals surface area contributed by atoms with Crippen molar-refractivity contribution in [3.8, 4) is 0 Å². The number of ether oxygens (including phenoxy) is 1. The first-order valence-corrected chi connectivity index (χ1v) is 10.5. The molecule has 0 radical (unpaired) electrons. The first kappa shape index (κ1) is 20.2. The lowest BCUT2D eigenvalue weighted by Gasteiger charge is -2.26. The van der Waals surface area contributed by atoms with E-state index in [-0.39, 0.29) is 16.5 Å². The zero-order valence-electron chi connectivity index (χ0n) is 15.7. The van der Waals surface area contributed by atoms with Crippen LogP contribution in [0.15, 0.2) is 53.6 Å². The fraction of sp³-hybridized carbons (Fsp3) is 0.368. The summed E-state index contributed by atoms with van der Waals surface area (Å²) in [7, 11) is -2.25. The lowest BCUT2D eigenvalue weighted by molar-refractivity contribution is 0.0383. The van der Waals surface area contributed by atoms with Crippen molar-refractivity contribution in [3.05, 3.63) is 54.4 Å². The van der Waals surface area contributed by atoms with Gasteiger partial charge in [-0.15, -0.1) is 0 Å². The molecule has 0 bridgehead atoms. The second kappa shape index (κ2) is 9.13. The highest BCUT2D eigenvalue weighted by Crippen LogP contribution is 2.21. The van der Waals surface area contributed by atoms with E-state index in [1.807, 2.05) is 0 Å². The Morgan fingerprint density at radius 2 is 1.93 bits per heavy atom. The Kier molecular flexibility index (Phi) is 6.61. The molecule has 0 unspecified atom stereocenters. The predicted octanol–water partition coefficient (Wildman–Crippen LogP) is 0.969. The third-order valence-electron chi connectivity index (χ3n) is 4.56. The average molecular weight is 404 g/mol. The summed E-state index contributed by atoms with van der Waals surface area (Å²) in [5.41, 5.74) is 0.548. The van der Waals surface area contributed by atoms with E-state index < -0.39 is 10.0 Å². The van der Waals surface area contributed by atoms with Crippen LogP contribution in [-0.4, -0.2) is 70.6 Å². The summed E-state index contributed by atoms with van der Waals surface area (Å²) in [5, 5.41) is 2.83. The molecule has 0 aliphatic carbocycles. The van der Waals surface area contributed by atoms with Gasteiger partial charge >= 0.3 is 0 Å². The zero-order chi connectivity index (χ0) is 20.0. The van der Waals surface area contributed by atoms with Gasteiger partial charge < -0.3 is 10.1 Å². The fourth-order valence-corrected chi connectivity index (χ4v) is 4.08. The number of nitrogens with zero attached hydrogens (tertiary/aromatic N) is 3. The third kappa shape index (κ3) is 4.86. The Labute approximate surface area is 165 Å². The summed E-state index contributed by atoms with van der Waals surface area (Å²) < 4.78 is 31.9. The van der Waals surface area contributed by atoms with Crippen LogP contribution in [-0.2, 0) is 14.8 Å². The molecule has 1 aromatic carbocycles. The van der Waals surface area contributed by atoms with Gasteiger partial charge in [0.2, 0.25) is 0 Å². The number of hydrogen-bond acceptors (Lipinski definition) is 6. The number of rotatable bonds is 7. The minimum absolute atomic E-state index is 0.176. The van der Waals surface area contributed by atoms with Gasteiger partial charge in [0.15, 0.2) is 0 Å². The van der Waals surface area contributed by atoms with Gasteiger partial charge in [0, 0.05) is 39.4 Å². The summed E-state index contributed by atoms with van der Waals surface area (Å²) in [5.74, 6) is -0.333. The number of hydrogen-bond donors (Lipinski definition) is 1. The number of sulfonamides is 1. The topological polar surface area (TPSA) is 91.8 Å². The van der Waals surface area contributed by atoms with E-state index in [1.54, 1.807) is 24.3 Å². The molecule has 1 aliphatic heterocycles. The molecule has 8 nitrogen and oxygen atoms in total. The molecule has 28 heavy (non-hydrogen) atoms. The van der Waals surface area contributed by atoms with Crippen molar-refractivity contribution in [2.24, 2.45) is 0 Å². The van der Waals surface area contributed by atoms with Crippen molar-refractivity contribution in [2.75, 3.05) is 50.7 Å². The SMILES string of the molecule is CN(c1ccnc(C(=O)NCCN2CCOCC2)c1)S(=O)(=O)c1ccccc1. The van der Waals surface area contributed by atoms with Gasteiger partial charge in [-0.1, -0.05) is 18.2 Å². The Bertz CT molecular complexity index is 899. The monoisotopic (exact) mass is 404 g/mol. The maximum atomic E-state index is 12.8. The van der Waals surface area contributed by atoms with Crippen LogP contribution in [0, 0.1) is 0 Å². The molecule has 1 aliphatic rings. The zero-order valence-corrected chi connectivity index (χ0v) is 16.6.